The van der Waals surface area contributed by atoms with E-state index in [0.717, 1.165) is 24.2 Å². The van der Waals surface area contributed by atoms with Crippen LogP contribution in [0.25, 0.3) is 0 Å². The first-order valence-electron chi connectivity index (χ1n) is 8.64. The molecule has 1 aliphatic rings. The summed E-state index contributed by atoms with van der Waals surface area (Å²) in [6, 6.07) is 7.29. The molecule has 0 unspecified atom stereocenters. The van der Waals surface area contributed by atoms with Crippen molar-refractivity contribution in [1.29, 1.82) is 0 Å². The van der Waals surface area contributed by atoms with Crippen LogP contribution in [0.3, 0.4) is 0 Å². The summed E-state index contributed by atoms with van der Waals surface area (Å²) in [6.07, 6.45) is 3.23. The summed E-state index contributed by atoms with van der Waals surface area (Å²) in [6.45, 7) is 7.39. The highest BCUT2D eigenvalue weighted by molar-refractivity contribution is 7.89. The average Bonchev–Trinajstić information content (AvgIpc) is 3.00. The zero-order valence-corrected chi connectivity index (χ0v) is 16.1. The predicted molar refractivity (Wildman–Crippen MR) is 96.9 cm³/mol. The third kappa shape index (κ3) is 3.62. The summed E-state index contributed by atoms with van der Waals surface area (Å²) >= 11 is 0. The molecule has 0 spiro atoms. The quantitative estimate of drug-likeness (QED) is 0.842. The molecule has 1 aromatic heterocycles. The van der Waals surface area contributed by atoms with Crippen molar-refractivity contribution in [2.45, 2.75) is 49.8 Å². The minimum Gasteiger partial charge on any atom is -0.320 e. The molecule has 0 N–H and O–H groups in total. The van der Waals surface area contributed by atoms with Crippen molar-refractivity contribution in [3.8, 4) is 0 Å². The Morgan fingerprint density at radius 2 is 1.68 bits per heavy atom. The number of benzene rings is 1. The Balaban J connectivity index is 1.73. The van der Waals surface area contributed by atoms with Crippen molar-refractivity contribution in [2.24, 2.45) is 7.05 Å². The molecule has 2 heterocycles. The molecule has 0 atom stereocenters. The lowest BCUT2D eigenvalue weighted by Gasteiger charge is -2.30. The third-order valence-electron chi connectivity index (χ3n) is 4.92. The summed E-state index contributed by atoms with van der Waals surface area (Å²) in [5, 5.41) is 8.08. The third-order valence-corrected chi connectivity index (χ3v) is 6.84. The molecule has 25 heavy (non-hydrogen) atoms. The molecular weight excluding hydrogens is 336 g/mol. The van der Waals surface area contributed by atoms with Crippen LogP contribution in [0.1, 0.15) is 50.9 Å². The maximum absolute atomic E-state index is 12.9. The van der Waals surface area contributed by atoms with Gasteiger partial charge < -0.3 is 4.57 Å². The minimum atomic E-state index is -3.44. The Labute approximate surface area is 149 Å². The van der Waals surface area contributed by atoms with E-state index in [0.29, 0.717) is 18.0 Å². The van der Waals surface area contributed by atoms with Gasteiger partial charge in [-0.2, -0.15) is 4.31 Å². The van der Waals surface area contributed by atoms with Gasteiger partial charge in [0.2, 0.25) is 10.0 Å². The number of hydrogen-bond donors (Lipinski definition) is 0. The van der Waals surface area contributed by atoms with Gasteiger partial charge in [-0.15, -0.1) is 10.2 Å². The van der Waals surface area contributed by atoms with E-state index >= 15 is 0 Å². The number of rotatable bonds is 3. The van der Waals surface area contributed by atoms with E-state index in [1.807, 2.05) is 23.7 Å². The van der Waals surface area contributed by atoms with Crippen molar-refractivity contribution in [2.75, 3.05) is 13.1 Å². The Morgan fingerprint density at radius 3 is 2.16 bits per heavy atom. The van der Waals surface area contributed by atoms with E-state index in [1.54, 1.807) is 22.8 Å². The highest BCUT2D eigenvalue weighted by atomic mass is 32.2. The van der Waals surface area contributed by atoms with Crippen molar-refractivity contribution in [1.82, 2.24) is 19.1 Å². The normalized spacial score (nSPS) is 17.8. The van der Waals surface area contributed by atoms with E-state index in [-0.39, 0.29) is 11.3 Å². The van der Waals surface area contributed by atoms with E-state index in [4.69, 9.17) is 0 Å². The lowest BCUT2D eigenvalue weighted by molar-refractivity contribution is 0.310. The van der Waals surface area contributed by atoms with Crippen LogP contribution in [-0.4, -0.2) is 40.6 Å². The second kappa shape index (κ2) is 6.53. The molecule has 7 heteroatoms. The van der Waals surface area contributed by atoms with Crippen LogP contribution in [0.4, 0.5) is 0 Å². The largest absolute Gasteiger partial charge is 0.320 e. The number of nitrogens with zero attached hydrogens (tertiary/aromatic N) is 4. The van der Waals surface area contributed by atoms with Gasteiger partial charge in [0.15, 0.2) is 0 Å². The lowest BCUT2D eigenvalue weighted by atomic mass is 9.87. The van der Waals surface area contributed by atoms with Crippen LogP contribution in [0.15, 0.2) is 35.5 Å². The van der Waals surface area contributed by atoms with Gasteiger partial charge in [0.25, 0.3) is 0 Å². The molecule has 1 aromatic carbocycles. The van der Waals surface area contributed by atoms with Gasteiger partial charge >= 0.3 is 0 Å². The Bertz CT molecular complexity index is 827. The van der Waals surface area contributed by atoms with E-state index < -0.39 is 10.0 Å². The smallest absolute Gasteiger partial charge is 0.243 e. The molecular formula is C18H26N4O2S. The van der Waals surface area contributed by atoms with Gasteiger partial charge in [-0.1, -0.05) is 32.9 Å². The number of sulfonamides is 1. The molecule has 136 valence electrons. The molecule has 0 bridgehead atoms. The van der Waals surface area contributed by atoms with Crippen molar-refractivity contribution >= 4 is 10.0 Å². The maximum atomic E-state index is 12.9. The summed E-state index contributed by atoms with van der Waals surface area (Å²) < 4.78 is 29.3. The zero-order chi connectivity index (χ0) is 18.2. The second-order valence-electron chi connectivity index (χ2n) is 7.75. The molecule has 1 fully saturated rings. The summed E-state index contributed by atoms with van der Waals surface area (Å²) in [5.74, 6) is 1.20. The van der Waals surface area contributed by atoms with E-state index in [2.05, 4.69) is 31.0 Å². The lowest BCUT2D eigenvalue weighted by Crippen LogP contribution is -2.38. The highest BCUT2D eigenvalue weighted by Crippen LogP contribution is 2.30. The molecule has 6 nitrogen and oxygen atoms in total. The van der Waals surface area contributed by atoms with Crippen LogP contribution in [0.5, 0.6) is 0 Å². The molecule has 0 aliphatic carbocycles. The minimum absolute atomic E-state index is 0.0107. The topological polar surface area (TPSA) is 68.1 Å². The maximum Gasteiger partial charge on any atom is 0.243 e. The summed E-state index contributed by atoms with van der Waals surface area (Å²) in [4.78, 5) is 0.373. The number of aromatic nitrogens is 3. The Kier molecular flexibility index (Phi) is 4.72. The Morgan fingerprint density at radius 1 is 1.08 bits per heavy atom. The van der Waals surface area contributed by atoms with E-state index in [1.165, 1.54) is 0 Å². The predicted octanol–water partition coefficient (Wildman–Crippen LogP) is 2.68. The monoisotopic (exact) mass is 362 g/mol. The number of hydrogen-bond acceptors (Lipinski definition) is 4. The molecule has 0 saturated carbocycles. The number of piperidine rings is 1. The van der Waals surface area contributed by atoms with Crippen LogP contribution in [0.2, 0.25) is 0 Å². The Hall–Kier alpha value is -1.73. The highest BCUT2D eigenvalue weighted by Gasteiger charge is 2.31. The van der Waals surface area contributed by atoms with Gasteiger partial charge in [-0.25, -0.2) is 8.42 Å². The fourth-order valence-corrected chi connectivity index (χ4v) is 4.76. The second-order valence-corrected chi connectivity index (χ2v) is 9.69. The van der Waals surface area contributed by atoms with Crippen LogP contribution in [0, 0.1) is 0 Å². The van der Waals surface area contributed by atoms with Crippen molar-refractivity contribution in [3.05, 3.63) is 42.0 Å². The first-order chi connectivity index (χ1) is 11.7. The SMILES string of the molecule is Cn1cnnc1C1CCN(S(=O)(=O)c2ccc(C(C)(C)C)cc2)CC1. The first-order valence-corrected chi connectivity index (χ1v) is 10.1. The van der Waals surface area contributed by atoms with Crippen LogP contribution < -0.4 is 0 Å². The fourth-order valence-electron chi connectivity index (χ4n) is 3.29. The van der Waals surface area contributed by atoms with Gasteiger partial charge in [0, 0.05) is 26.1 Å². The van der Waals surface area contributed by atoms with Crippen LogP contribution in [-0.2, 0) is 22.5 Å². The fraction of sp³-hybridized carbons (Fsp3) is 0.556. The molecule has 0 radical (unpaired) electrons. The summed E-state index contributed by atoms with van der Waals surface area (Å²) in [7, 11) is -1.51. The average molecular weight is 362 g/mol. The van der Waals surface area contributed by atoms with Gasteiger partial charge in [-0.05, 0) is 36.0 Å². The van der Waals surface area contributed by atoms with Crippen molar-refractivity contribution < 1.29 is 8.42 Å². The van der Waals surface area contributed by atoms with Gasteiger partial charge in [0.1, 0.15) is 12.2 Å². The van der Waals surface area contributed by atoms with Gasteiger partial charge in [-0.3, -0.25) is 0 Å². The molecule has 1 aliphatic heterocycles. The number of aryl methyl sites for hydroxylation is 1. The van der Waals surface area contributed by atoms with E-state index in [9.17, 15) is 8.42 Å². The first kappa shape index (κ1) is 18.1. The zero-order valence-electron chi connectivity index (χ0n) is 15.3. The van der Waals surface area contributed by atoms with Crippen LogP contribution >= 0.6 is 0 Å². The van der Waals surface area contributed by atoms with Crippen molar-refractivity contribution in [3.63, 3.8) is 0 Å². The molecule has 2 aromatic rings. The molecule has 3 rings (SSSR count). The molecule has 0 amide bonds. The summed E-state index contributed by atoms with van der Waals surface area (Å²) in [5.41, 5.74) is 1.14. The van der Waals surface area contributed by atoms with Gasteiger partial charge in [0.05, 0.1) is 4.90 Å². The standard InChI is InChI=1S/C18H26N4O2S/c1-18(2,3)15-5-7-16(8-6-15)25(23,24)22-11-9-14(10-12-22)17-20-19-13-21(17)4/h5-8,13-14H,9-12H2,1-4H3. The molecule has 1 saturated heterocycles.